The summed E-state index contributed by atoms with van der Waals surface area (Å²) < 4.78 is 0. The molecule has 4 atom stereocenters. The minimum absolute atomic E-state index is 0.137. The van der Waals surface area contributed by atoms with Crippen molar-refractivity contribution in [2.45, 2.75) is 38.8 Å². The Kier molecular flexibility index (Phi) is 4.09. The Morgan fingerprint density at radius 1 is 1.33 bits per heavy atom. The van der Waals surface area contributed by atoms with E-state index in [1.54, 1.807) is 0 Å². The Labute approximate surface area is 126 Å². The maximum absolute atomic E-state index is 10.3. The second-order valence-corrected chi connectivity index (χ2v) is 6.50. The minimum atomic E-state index is -0.137. The van der Waals surface area contributed by atoms with Crippen LogP contribution in [0.2, 0.25) is 0 Å². The van der Waals surface area contributed by atoms with Crippen LogP contribution in [0, 0.1) is 11.8 Å². The Balaban J connectivity index is 1.74. The van der Waals surface area contributed by atoms with Crippen molar-refractivity contribution in [2.24, 2.45) is 11.8 Å². The van der Waals surface area contributed by atoms with Gasteiger partial charge in [-0.1, -0.05) is 13.0 Å². The Hall–Kier alpha value is -1.26. The highest BCUT2D eigenvalue weighted by atomic mass is 16.3. The fourth-order valence-electron chi connectivity index (χ4n) is 3.96. The van der Waals surface area contributed by atoms with Gasteiger partial charge in [-0.2, -0.15) is 0 Å². The predicted octanol–water partition coefficient (Wildman–Crippen LogP) is 2.27. The third kappa shape index (κ3) is 2.74. The summed E-state index contributed by atoms with van der Waals surface area (Å²) >= 11 is 0. The summed E-state index contributed by atoms with van der Waals surface area (Å²) in [6.07, 6.45) is 1.94. The van der Waals surface area contributed by atoms with E-state index in [1.165, 1.54) is 0 Å². The summed E-state index contributed by atoms with van der Waals surface area (Å²) in [5.74, 6) is 1.38. The van der Waals surface area contributed by atoms with E-state index < -0.39 is 0 Å². The molecular weight excluding hydrogens is 264 g/mol. The van der Waals surface area contributed by atoms with Crippen LogP contribution in [0.4, 0.5) is 5.69 Å². The van der Waals surface area contributed by atoms with Crippen LogP contribution in [-0.4, -0.2) is 36.0 Å². The summed E-state index contributed by atoms with van der Waals surface area (Å²) in [5, 5.41) is 23.6. The second-order valence-electron chi connectivity index (χ2n) is 6.50. The van der Waals surface area contributed by atoms with Gasteiger partial charge >= 0.3 is 0 Å². The van der Waals surface area contributed by atoms with Crippen molar-refractivity contribution < 1.29 is 10.2 Å². The molecule has 21 heavy (non-hydrogen) atoms. The average Bonchev–Trinajstić information content (AvgIpc) is 3.01. The van der Waals surface area contributed by atoms with Crippen LogP contribution < -0.4 is 10.2 Å². The maximum Gasteiger partial charge on any atom is 0.122 e. The first kappa shape index (κ1) is 14.7. The minimum Gasteiger partial charge on any atom is -0.508 e. The van der Waals surface area contributed by atoms with E-state index in [0.29, 0.717) is 17.6 Å². The molecule has 0 spiro atoms. The molecule has 0 bridgehead atoms. The van der Waals surface area contributed by atoms with Crippen molar-refractivity contribution in [3.63, 3.8) is 0 Å². The van der Waals surface area contributed by atoms with Gasteiger partial charge in [0.25, 0.3) is 0 Å². The third-order valence-electron chi connectivity index (χ3n) is 5.18. The molecule has 4 unspecified atom stereocenters. The van der Waals surface area contributed by atoms with Gasteiger partial charge < -0.3 is 20.4 Å². The van der Waals surface area contributed by atoms with Crippen LogP contribution in [0.15, 0.2) is 18.2 Å². The molecule has 3 rings (SSSR count). The highest BCUT2D eigenvalue weighted by molar-refractivity contribution is 5.55. The normalized spacial score (nSPS) is 29.7. The fraction of sp³-hybridized carbons (Fsp3) is 0.647. The lowest BCUT2D eigenvalue weighted by molar-refractivity contribution is 0.133. The molecule has 1 aromatic rings. The van der Waals surface area contributed by atoms with Gasteiger partial charge in [0, 0.05) is 42.4 Å². The van der Waals surface area contributed by atoms with Gasteiger partial charge in [-0.25, -0.2) is 0 Å². The van der Waals surface area contributed by atoms with E-state index in [4.69, 9.17) is 0 Å². The molecule has 1 saturated carbocycles. The summed E-state index contributed by atoms with van der Waals surface area (Å²) in [4.78, 5) is 2.30. The van der Waals surface area contributed by atoms with Crippen molar-refractivity contribution in [1.82, 2.24) is 5.32 Å². The Morgan fingerprint density at radius 3 is 2.81 bits per heavy atom. The van der Waals surface area contributed by atoms with E-state index >= 15 is 0 Å². The molecule has 1 aliphatic heterocycles. The number of aliphatic hydroxyl groups is 1. The van der Waals surface area contributed by atoms with Crippen molar-refractivity contribution >= 4 is 5.69 Å². The van der Waals surface area contributed by atoms with Crippen molar-refractivity contribution in [3.05, 3.63) is 23.8 Å². The first-order valence-corrected chi connectivity index (χ1v) is 8.09. The van der Waals surface area contributed by atoms with Crippen LogP contribution in [-0.2, 0) is 0 Å². The van der Waals surface area contributed by atoms with E-state index in [0.717, 1.165) is 43.7 Å². The number of benzene rings is 1. The summed E-state index contributed by atoms with van der Waals surface area (Å²) in [7, 11) is 0. The lowest BCUT2D eigenvalue weighted by Gasteiger charge is -2.22. The zero-order valence-electron chi connectivity index (χ0n) is 12.9. The molecule has 1 aliphatic carbocycles. The van der Waals surface area contributed by atoms with Gasteiger partial charge in [-0.15, -0.1) is 0 Å². The monoisotopic (exact) mass is 290 g/mol. The number of rotatable bonds is 4. The number of phenolic OH excluding ortho intramolecular Hbond substituents is 1. The van der Waals surface area contributed by atoms with Gasteiger partial charge in [0.15, 0.2) is 0 Å². The standard InChI is InChI=1S/C17H26N2O2/c1-3-18-11(2)14-6-5-13(8-17(14)21)19-9-12-4-7-16(20)15(12)10-19/h5-6,8,11-12,15-16,18,20-21H,3-4,7,9-10H2,1-2H3. The van der Waals surface area contributed by atoms with Crippen LogP contribution in [0.25, 0.3) is 0 Å². The largest absolute Gasteiger partial charge is 0.508 e. The number of anilines is 1. The van der Waals surface area contributed by atoms with Gasteiger partial charge in [0.2, 0.25) is 0 Å². The molecule has 4 heteroatoms. The number of phenols is 1. The lowest BCUT2D eigenvalue weighted by Crippen LogP contribution is -2.24. The molecule has 3 N–H and O–H groups in total. The summed E-state index contributed by atoms with van der Waals surface area (Å²) in [6, 6.07) is 6.14. The molecule has 1 heterocycles. The SMILES string of the molecule is CCNC(C)c1ccc(N2CC3CCC(O)C3C2)cc1O. The molecule has 4 nitrogen and oxygen atoms in total. The highest BCUT2D eigenvalue weighted by Crippen LogP contribution is 2.40. The topological polar surface area (TPSA) is 55.7 Å². The molecule has 0 amide bonds. The van der Waals surface area contributed by atoms with Crippen molar-refractivity contribution in [3.8, 4) is 5.75 Å². The van der Waals surface area contributed by atoms with Gasteiger partial charge in [-0.3, -0.25) is 0 Å². The van der Waals surface area contributed by atoms with Crippen LogP contribution in [0.1, 0.15) is 38.3 Å². The molecular formula is C17H26N2O2. The Morgan fingerprint density at radius 2 is 2.14 bits per heavy atom. The van der Waals surface area contributed by atoms with E-state index in [9.17, 15) is 10.2 Å². The second kappa shape index (κ2) is 5.85. The number of hydrogen-bond acceptors (Lipinski definition) is 4. The van der Waals surface area contributed by atoms with Gasteiger partial charge in [0.1, 0.15) is 5.75 Å². The molecule has 2 fully saturated rings. The number of aliphatic hydroxyl groups excluding tert-OH is 1. The number of nitrogens with one attached hydrogen (secondary N) is 1. The maximum atomic E-state index is 10.3. The zero-order chi connectivity index (χ0) is 15.0. The molecule has 1 aromatic carbocycles. The quantitative estimate of drug-likeness (QED) is 0.796. The van der Waals surface area contributed by atoms with Crippen LogP contribution in [0.5, 0.6) is 5.75 Å². The molecule has 0 aromatic heterocycles. The lowest BCUT2D eigenvalue weighted by atomic mass is 10.00. The van der Waals surface area contributed by atoms with Gasteiger partial charge in [-0.05, 0) is 38.3 Å². The van der Waals surface area contributed by atoms with E-state index in [1.807, 2.05) is 12.1 Å². The van der Waals surface area contributed by atoms with Gasteiger partial charge in [0.05, 0.1) is 6.10 Å². The van der Waals surface area contributed by atoms with Crippen molar-refractivity contribution in [1.29, 1.82) is 0 Å². The number of fused-ring (bicyclic) bond motifs is 1. The van der Waals surface area contributed by atoms with Crippen LogP contribution >= 0.6 is 0 Å². The molecule has 0 radical (unpaired) electrons. The predicted molar refractivity (Wildman–Crippen MR) is 84.6 cm³/mol. The van der Waals surface area contributed by atoms with Crippen molar-refractivity contribution in [2.75, 3.05) is 24.5 Å². The van der Waals surface area contributed by atoms with Crippen LogP contribution in [0.3, 0.4) is 0 Å². The third-order valence-corrected chi connectivity index (χ3v) is 5.18. The molecule has 2 aliphatic rings. The summed E-state index contributed by atoms with van der Waals surface area (Å²) in [6.45, 7) is 6.93. The molecule has 116 valence electrons. The Bertz CT molecular complexity index is 506. The molecule has 1 saturated heterocycles. The number of nitrogens with zero attached hydrogens (tertiary/aromatic N) is 1. The number of aromatic hydroxyl groups is 1. The average molecular weight is 290 g/mol. The smallest absolute Gasteiger partial charge is 0.122 e. The number of hydrogen-bond donors (Lipinski definition) is 3. The zero-order valence-corrected chi connectivity index (χ0v) is 12.9. The first-order valence-electron chi connectivity index (χ1n) is 8.09. The summed E-state index contributed by atoms with van der Waals surface area (Å²) in [5.41, 5.74) is 2.02. The highest BCUT2D eigenvalue weighted by Gasteiger charge is 2.41. The van der Waals surface area contributed by atoms with E-state index in [-0.39, 0.29) is 12.1 Å². The first-order chi connectivity index (χ1) is 10.1. The fourth-order valence-corrected chi connectivity index (χ4v) is 3.96. The van der Waals surface area contributed by atoms with E-state index in [2.05, 4.69) is 30.1 Å².